The van der Waals surface area contributed by atoms with Gasteiger partial charge in [0.2, 0.25) is 0 Å². The van der Waals surface area contributed by atoms with E-state index in [0.717, 1.165) is 37.4 Å². The molecule has 1 aromatic rings. The third kappa shape index (κ3) is 3.61. The number of nitriles is 1. The van der Waals surface area contributed by atoms with Crippen LogP contribution < -0.4 is 5.32 Å². The average molecular weight is 271 g/mol. The molecule has 0 radical (unpaired) electrons. The minimum absolute atomic E-state index is 0. The maximum Gasteiger partial charge on any atom is 0.0694 e. The molecule has 0 amide bonds. The zero-order valence-electron chi connectivity index (χ0n) is 9.58. The summed E-state index contributed by atoms with van der Waals surface area (Å²) in [5.41, 5.74) is 1.02. The molecule has 4 heteroatoms. The lowest BCUT2D eigenvalue weighted by Crippen LogP contribution is -2.37. The highest BCUT2D eigenvalue weighted by atomic mass is 35.5. The molecular weight excluding hydrogens is 255 g/mol. The van der Waals surface area contributed by atoms with Gasteiger partial charge in [0.05, 0.1) is 11.5 Å². The van der Waals surface area contributed by atoms with Gasteiger partial charge in [-0.05, 0) is 50.0 Å². The van der Waals surface area contributed by atoms with E-state index in [-0.39, 0.29) is 17.8 Å². The molecular formula is C13H16Cl2N2. The van der Waals surface area contributed by atoms with Gasteiger partial charge in [0.15, 0.2) is 0 Å². The summed E-state index contributed by atoms with van der Waals surface area (Å²) >= 11 is 5.85. The summed E-state index contributed by atoms with van der Waals surface area (Å²) in [5.74, 6) is 0. The van der Waals surface area contributed by atoms with Crippen LogP contribution in [0, 0.1) is 16.7 Å². The molecule has 2 rings (SSSR count). The molecule has 1 N–H and O–H groups in total. The number of hydrogen-bond acceptors (Lipinski definition) is 2. The zero-order valence-corrected chi connectivity index (χ0v) is 11.2. The van der Waals surface area contributed by atoms with Gasteiger partial charge < -0.3 is 5.32 Å². The number of hydrogen-bond donors (Lipinski definition) is 1. The van der Waals surface area contributed by atoms with Gasteiger partial charge in [-0.25, -0.2) is 0 Å². The number of piperidine rings is 1. The van der Waals surface area contributed by atoms with Gasteiger partial charge in [0.25, 0.3) is 0 Å². The lowest BCUT2D eigenvalue weighted by Gasteiger charge is -2.31. The third-order valence-corrected chi connectivity index (χ3v) is 3.51. The second kappa shape index (κ2) is 6.26. The molecule has 0 saturated carbocycles. The fourth-order valence-electron chi connectivity index (χ4n) is 2.23. The lowest BCUT2D eigenvalue weighted by atomic mass is 9.75. The quantitative estimate of drug-likeness (QED) is 0.896. The van der Waals surface area contributed by atoms with Crippen LogP contribution in [0.25, 0.3) is 0 Å². The summed E-state index contributed by atoms with van der Waals surface area (Å²) in [4.78, 5) is 0. The van der Waals surface area contributed by atoms with Gasteiger partial charge in [-0.3, -0.25) is 0 Å². The Labute approximate surface area is 113 Å². The van der Waals surface area contributed by atoms with Crippen molar-refractivity contribution in [2.24, 2.45) is 5.41 Å². The first-order valence-electron chi connectivity index (χ1n) is 5.61. The number of nitrogens with zero attached hydrogens (tertiary/aromatic N) is 1. The van der Waals surface area contributed by atoms with Crippen LogP contribution in [0.3, 0.4) is 0 Å². The van der Waals surface area contributed by atoms with E-state index in [9.17, 15) is 5.26 Å². The largest absolute Gasteiger partial charge is 0.317 e. The van der Waals surface area contributed by atoms with Gasteiger partial charge in [-0.1, -0.05) is 23.7 Å². The Morgan fingerprint density at radius 2 is 1.82 bits per heavy atom. The molecule has 1 aliphatic rings. The van der Waals surface area contributed by atoms with Crippen LogP contribution in [-0.2, 0) is 6.42 Å². The first-order chi connectivity index (χ1) is 7.74. The predicted octanol–water partition coefficient (Wildman–Crippen LogP) is 3.20. The zero-order chi connectivity index (χ0) is 11.4. The van der Waals surface area contributed by atoms with Crippen molar-refractivity contribution in [3.8, 4) is 6.07 Å². The first-order valence-corrected chi connectivity index (χ1v) is 5.98. The van der Waals surface area contributed by atoms with E-state index < -0.39 is 0 Å². The fourth-order valence-corrected chi connectivity index (χ4v) is 2.35. The van der Waals surface area contributed by atoms with Crippen LogP contribution in [0.4, 0.5) is 0 Å². The summed E-state index contributed by atoms with van der Waals surface area (Å²) < 4.78 is 0. The van der Waals surface area contributed by atoms with Gasteiger partial charge >= 0.3 is 0 Å². The van der Waals surface area contributed by atoms with Crippen molar-refractivity contribution in [2.45, 2.75) is 19.3 Å². The minimum Gasteiger partial charge on any atom is -0.317 e. The van der Waals surface area contributed by atoms with E-state index in [1.807, 2.05) is 24.3 Å². The van der Waals surface area contributed by atoms with E-state index >= 15 is 0 Å². The number of benzene rings is 1. The molecule has 92 valence electrons. The van der Waals surface area contributed by atoms with Crippen LogP contribution >= 0.6 is 24.0 Å². The van der Waals surface area contributed by atoms with Crippen LogP contribution in [0.2, 0.25) is 5.02 Å². The van der Waals surface area contributed by atoms with Crippen molar-refractivity contribution in [1.82, 2.24) is 5.32 Å². The molecule has 1 aromatic carbocycles. The molecule has 0 unspecified atom stereocenters. The van der Waals surface area contributed by atoms with E-state index in [1.165, 1.54) is 5.56 Å². The van der Waals surface area contributed by atoms with Gasteiger partial charge in [0, 0.05) is 5.02 Å². The van der Waals surface area contributed by atoms with Crippen molar-refractivity contribution < 1.29 is 0 Å². The van der Waals surface area contributed by atoms with Crippen molar-refractivity contribution in [2.75, 3.05) is 13.1 Å². The Kier molecular flexibility index (Phi) is 5.27. The number of nitrogens with one attached hydrogen (secondary N) is 1. The molecule has 0 aliphatic carbocycles. The SMILES string of the molecule is Cl.N#CC1(Cc2ccc(Cl)cc2)CCNCC1. The van der Waals surface area contributed by atoms with Gasteiger partial charge in [-0.2, -0.15) is 5.26 Å². The molecule has 0 bridgehead atoms. The predicted molar refractivity (Wildman–Crippen MR) is 72.6 cm³/mol. The minimum atomic E-state index is -0.181. The maximum atomic E-state index is 9.35. The van der Waals surface area contributed by atoms with Crippen molar-refractivity contribution >= 4 is 24.0 Å². The smallest absolute Gasteiger partial charge is 0.0694 e. The Balaban J connectivity index is 0.00000144. The fraction of sp³-hybridized carbons (Fsp3) is 0.462. The highest BCUT2D eigenvalue weighted by Crippen LogP contribution is 2.32. The molecule has 1 fully saturated rings. The standard InChI is InChI=1S/C13H15ClN2.ClH/c14-12-3-1-11(2-4-12)9-13(10-15)5-7-16-8-6-13;/h1-4,16H,5-9H2;1H. The maximum absolute atomic E-state index is 9.35. The van der Waals surface area contributed by atoms with Crippen LogP contribution in [0.5, 0.6) is 0 Å². The second-order valence-corrected chi connectivity index (χ2v) is 4.88. The van der Waals surface area contributed by atoms with Gasteiger partial charge in [-0.15, -0.1) is 12.4 Å². The van der Waals surface area contributed by atoms with Crippen molar-refractivity contribution in [3.05, 3.63) is 34.9 Å². The Bertz CT molecular complexity index is 389. The van der Waals surface area contributed by atoms with Crippen molar-refractivity contribution in [1.29, 1.82) is 5.26 Å². The molecule has 1 aliphatic heterocycles. The first kappa shape index (κ1) is 14.3. The molecule has 0 spiro atoms. The van der Waals surface area contributed by atoms with Crippen LogP contribution in [0.1, 0.15) is 18.4 Å². The van der Waals surface area contributed by atoms with Crippen LogP contribution in [-0.4, -0.2) is 13.1 Å². The van der Waals surface area contributed by atoms with Gasteiger partial charge in [0.1, 0.15) is 0 Å². The topological polar surface area (TPSA) is 35.8 Å². The number of halogens is 2. The summed E-state index contributed by atoms with van der Waals surface area (Å²) in [5, 5.41) is 13.4. The van der Waals surface area contributed by atoms with E-state index in [4.69, 9.17) is 11.6 Å². The van der Waals surface area contributed by atoms with E-state index in [0.29, 0.717) is 0 Å². The summed E-state index contributed by atoms with van der Waals surface area (Å²) in [6, 6.07) is 10.3. The molecule has 1 heterocycles. The molecule has 0 aromatic heterocycles. The third-order valence-electron chi connectivity index (χ3n) is 3.25. The number of rotatable bonds is 2. The second-order valence-electron chi connectivity index (χ2n) is 4.45. The van der Waals surface area contributed by atoms with Crippen LogP contribution in [0.15, 0.2) is 24.3 Å². The highest BCUT2D eigenvalue weighted by molar-refractivity contribution is 6.30. The van der Waals surface area contributed by atoms with Crippen molar-refractivity contribution in [3.63, 3.8) is 0 Å². The van der Waals surface area contributed by atoms with E-state index in [1.54, 1.807) is 0 Å². The average Bonchev–Trinajstić information content (AvgIpc) is 2.33. The lowest BCUT2D eigenvalue weighted by molar-refractivity contribution is 0.280. The molecule has 1 saturated heterocycles. The van der Waals surface area contributed by atoms with E-state index in [2.05, 4.69) is 11.4 Å². The summed E-state index contributed by atoms with van der Waals surface area (Å²) in [7, 11) is 0. The summed E-state index contributed by atoms with van der Waals surface area (Å²) in [6.45, 7) is 1.89. The monoisotopic (exact) mass is 270 g/mol. The Morgan fingerprint density at radius 1 is 1.24 bits per heavy atom. The summed E-state index contributed by atoms with van der Waals surface area (Å²) in [6.07, 6.45) is 2.71. The highest BCUT2D eigenvalue weighted by Gasteiger charge is 2.31. The molecule has 2 nitrogen and oxygen atoms in total. The molecule has 17 heavy (non-hydrogen) atoms. The Morgan fingerprint density at radius 3 is 2.35 bits per heavy atom. The normalized spacial score (nSPS) is 17.9. The molecule has 0 atom stereocenters. The Hall–Kier alpha value is -0.750.